The zero-order valence-electron chi connectivity index (χ0n) is 8.16. The Morgan fingerprint density at radius 2 is 2.27 bits per heavy atom. The summed E-state index contributed by atoms with van der Waals surface area (Å²) in [5.74, 6) is -1.16. The Labute approximate surface area is 95.2 Å². The first-order valence-corrected chi connectivity index (χ1v) is 5.19. The summed E-state index contributed by atoms with van der Waals surface area (Å²) in [5, 5.41) is 11.4. The molecule has 2 N–H and O–H groups in total. The molecule has 1 aromatic heterocycles. The minimum absolute atomic E-state index is 0.113. The number of carboxylic acids is 1. The lowest BCUT2D eigenvalue weighted by Crippen LogP contribution is -2.26. The van der Waals surface area contributed by atoms with E-state index >= 15 is 0 Å². The maximum absolute atomic E-state index is 11.2. The van der Waals surface area contributed by atoms with Crippen molar-refractivity contribution in [3.05, 3.63) is 22.4 Å². The monoisotopic (exact) mass is 274 g/mol. The van der Waals surface area contributed by atoms with Crippen LogP contribution < -0.4 is 5.32 Å². The van der Waals surface area contributed by atoms with Gasteiger partial charge in [-0.2, -0.15) is 0 Å². The van der Waals surface area contributed by atoms with Crippen molar-refractivity contribution in [1.29, 1.82) is 0 Å². The summed E-state index contributed by atoms with van der Waals surface area (Å²) < 4.78 is 2.11. The molecule has 0 aromatic carbocycles. The summed E-state index contributed by atoms with van der Waals surface area (Å²) in [7, 11) is 0. The van der Waals surface area contributed by atoms with Crippen molar-refractivity contribution in [2.24, 2.45) is 0 Å². The molecule has 1 aromatic rings. The van der Waals surface area contributed by atoms with Crippen LogP contribution in [0.3, 0.4) is 0 Å². The van der Waals surface area contributed by atoms with Gasteiger partial charge in [0.2, 0.25) is 5.91 Å². The van der Waals surface area contributed by atoms with Gasteiger partial charge in [0.1, 0.15) is 6.54 Å². The molecule has 1 rings (SSSR count). The molecule has 1 heterocycles. The predicted molar refractivity (Wildman–Crippen MR) is 57.8 cm³/mol. The molecule has 15 heavy (non-hydrogen) atoms. The molecule has 5 nitrogen and oxygen atoms in total. The Hall–Kier alpha value is -1.30. The van der Waals surface area contributed by atoms with Crippen molar-refractivity contribution < 1.29 is 14.7 Å². The van der Waals surface area contributed by atoms with E-state index in [4.69, 9.17) is 5.11 Å². The van der Waals surface area contributed by atoms with Crippen LogP contribution in [0.15, 0.2) is 16.9 Å². The molecule has 0 saturated heterocycles. The third kappa shape index (κ3) is 3.09. The second-order valence-corrected chi connectivity index (χ2v) is 3.75. The first-order valence-electron chi connectivity index (χ1n) is 4.40. The van der Waals surface area contributed by atoms with Gasteiger partial charge in [-0.25, -0.2) is 4.79 Å². The molecule has 0 atom stereocenters. The number of hydrogen-bond donors (Lipinski definition) is 2. The van der Waals surface area contributed by atoms with Crippen LogP contribution in [-0.4, -0.2) is 28.1 Å². The number of aromatic carboxylic acids is 1. The molecule has 82 valence electrons. The van der Waals surface area contributed by atoms with Gasteiger partial charge in [0.25, 0.3) is 0 Å². The molecule has 0 aliphatic carbocycles. The topological polar surface area (TPSA) is 71.3 Å². The Bertz CT molecular complexity index is 387. The fraction of sp³-hybridized carbons (Fsp3) is 0.333. The van der Waals surface area contributed by atoms with Gasteiger partial charge in [-0.1, -0.05) is 0 Å². The number of aromatic nitrogens is 1. The van der Waals surface area contributed by atoms with E-state index in [0.717, 1.165) is 0 Å². The number of halogens is 1. The number of carbonyl (C=O) groups excluding carboxylic acids is 1. The number of hydrogen-bond acceptors (Lipinski definition) is 2. The molecule has 0 aliphatic heterocycles. The molecular formula is C9H11BrN2O3. The summed E-state index contributed by atoms with van der Waals surface area (Å²) >= 11 is 3.18. The van der Waals surface area contributed by atoms with Crippen molar-refractivity contribution in [1.82, 2.24) is 9.88 Å². The van der Waals surface area contributed by atoms with E-state index in [-0.39, 0.29) is 18.0 Å². The maximum atomic E-state index is 11.2. The van der Waals surface area contributed by atoms with Gasteiger partial charge in [-0.3, -0.25) is 4.79 Å². The quantitative estimate of drug-likeness (QED) is 0.863. The van der Waals surface area contributed by atoms with Crippen molar-refractivity contribution in [2.75, 3.05) is 6.54 Å². The van der Waals surface area contributed by atoms with Crippen molar-refractivity contribution >= 4 is 27.8 Å². The lowest BCUT2D eigenvalue weighted by molar-refractivity contribution is -0.121. The fourth-order valence-electron chi connectivity index (χ4n) is 1.12. The smallest absolute Gasteiger partial charge is 0.337 e. The van der Waals surface area contributed by atoms with Crippen LogP contribution in [0.25, 0.3) is 0 Å². The number of carbonyl (C=O) groups is 2. The van der Waals surface area contributed by atoms with Crippen LogP contribution in [0.4, 0.5) is 0 Å². The molecule has 0 saturated carbocycles. The third-order valence-electron chi connectivity index (χ3n) is 1.78. The Balaban J connectivity index is 2.77. The second kappa shape index (κ2) is 4.97. The van der Waals surface area contributed by atoms with Crippen LogP contribution in [0.1, 0.15) is 17.3 Å². The van der Waals surface area contributed by atoms with Crippen molar-refractivity contribution in [2.45, 2.75) is 13.5 Å². The summed E-state index contributed by atoms with van der Waals surface area (Å²) in [6.07, 6.45) is 1.42. The largest absolute Gasteiger partial charge is 0.478 e. The van der Waals surface area contributed by atoms with E-state index in [1.54, 1.807) is 0 Å². The molecule has 1 amide bonds. The van der Waals surface area contributed by atoms with Gasteiger partial charge < -0.3 is 15.0 Å². The lowest BCUT2D eigenvalue weighted by atomic mass is 10.4. The molecular weight excluding hydrogens is 264 g/mol. The summed E-state index contributed by atoms with van der Waals surface area (Å²) in [5.41, 5.74) is 0.158. The Kier molecular flexibility index (Phi) is 3.90. The van der Waals surface area contributed by atoms with Gasteiger partial charge in [0, 0.05) is 12.7 Å². The van der Waals surface area contributed by atoms with E-state index in [1.807, 2.05) is 6.92 Å². The van der Waals surface area contributed by atoms with Gasteiger partial charge >= 0.3 is 5.97 Å². The highest BCUT2D eigenvalue weighted by Crippen LogP contribution is 2.15. The molecule has 0 aliphatic rings. The second-order valence-electron chi connectivity index (χ2n) is 2.94. The van der Waals surface area contributed by atoms with Gasteiger partial charge in [0.05, 0.1) is 10.2 Å². The zero-order chi connectivity index (χ0) is 11.4. The van der Waals surface area contributed by atoms with Crippen LogP contribution in [0.2, 0.25) is 0 Å². The highest BCUT2D eigenvalue weighted by Gasteiger charge is 2.11. The number of carboxylic acid groups (broad SMARTS) is 1. The predicted octanol–water partition coefficient (Wildman–Crippen LogP) is 1.08. The zero-order valence-corrected chi connectivity index (χ0v) is 9.74. The van der Waals surface area contributed by atoms with E-state index < -0.39 is 5.97 Å². The molecule has 0 spiro atoms. The van der Waals surface area contributed by atoms with E-state index in [2.05, 4.69) is 21.2 Å². The third-order valence-corrected chi connectivity index (χ3v) is 2.46. The Morgan fingerprint density at radius 1 is 1.60 bits per heavy atom. The molecule has 0 fully saturated rings. The van der Waals surface area contributed by atoms with Crippen LogP contribution in [0, 0.1) is 0 Å². The highest BCUT2D eigenvalue weighted by molar-refractivity contribution is 9.10. The first-order chi connectivity index (χ1) is 7.04. The van der Waals surface area contributed by atoms with Crippen molar-refractivity contribution in [3.8, 4) is 0 Å². The summed E-state index contributed by atoms with van der Waals surface area (Å²) in [4.78, 5) is 21.9. The average molecular weight is 275 g/mol. The number of amides is 1. The molecule has 0 radical (unpaired) electrons. The summed E-state index contributed by atoms with van der Waals surface area (Å²) in [6.45, 7) is 2.50. The van der Waals surface area contributed by atoms with Gasteiger partial charge in [-0.05, 0) is 28.9 Å². The van der Waals surface area contributed by atoms with Crippen LogP contribution in [0.5, 0.6) is 0 Å². The first kappa shape index (κ1) is 11.8. The molecule has 0 bridgehead atoms. The average Bonchev–Trinajstić information content (AvgIpc) is 2.48. The molecule has 6 heteroatoms. The van der Waals surface area contributed by atoms with Gasteiger partial charge in [0.15, 0.2) is 0 Å². The minimum Gasteiger partial charge on any atom is -0.478 e. The Morgan fingerprint density at radius 3 is 2.73 bits per heavy atom. The highest BCUT2D eigenvalue weighted by atomic mass is 79.9. The van der Waals surface area contributed by atoms with Crippen LogP contribution >= 0.6 is 15.9 Å². The fourth-order valence-corrected chi connectivity index (χ4v) is 1.60. The number of likely N-dealkylation sites (N-methyl/N-ethyl adjacent to an activating group) is 1. The SMILES string of the molecule is CCNC(=O)Cn1cc(C(=O)O)cc1Br. The number of nitrogens with zero attached hydrogens (tertiary/aromatic N) is 1. The standard InChI is InChI=1S/C9H11BrN2O3/c1-2-11-8(13)5-12-4-6(9(14)15)3-7(12)10/h3-4H,2,5H2,1H3,(H,11,13)(H,14,15). The van der Waals surface area contributed by atoms with Crippen LogP contribution in [-0.2, 0) is 11.3 Å². The molecule has 0 unspecified atom stereocenters. The summed E-state index contributed by atoms with van der Waals surface area (Å²) in [6, 6.07) is 1.46. The van der Waals surface area contributed by atoms with E-state index in [1.165, 1.54) is 16.8 Å². The van der Waals surface area contributed by atoms with E-state index in [0.29, 0.717) is 11.1 Å². The lowest BCUT2D eigenvalue weighted by Gasteiger charge is -2.04. The normalized spacial score (nSPS) is 10.0. The number of rotatable bonds is 4. The number of nitrogens with one attached hydrogen (secondary N) is 1. The van der Waals surface area contributed by atoms with Gasteiger partial charge in [-0.15, -0.1) is 0 Å². The van der Waals surface area contributed by atoms with Crippen molar-refractivity contribution in [3.63, 3.8) is 0 Å². The van der Waals surface area contributed by atoms with E-state index in [9.17, 15) is 9.59 Å². The minimum atomic E-state index is -1.01. The maximum Gasteiger partial charge on any atom is 0.337 e.